The first kappa shape index (κ1) is 12.2. The minimum atomic E-state index is 0.279. The van der Waals surface area contributed by atoms with Crippen molar-refractivity contribution >= 4 is 5.69 Å². The second-order valence-electron chi connectivity index (χ2n) is 5.19. The number of rotatable bonds is 2. The minimum Gasteiger partial charge on any atom is -0.379 e. The number of hydrogen-bond acceptors (Lipinski definition) is 3. The number of nitrogens with zero attached hydrogens (tertiary/aromatic N) is 3. The van der Waals surface area contributed by atoms with E-state index in [1.807, 2.05) is 24.1 Å². The lowest BCUT2D eigenvalue weighted by Crippen LogP contribution is -2.36. The van der Waals surface area contributed by atoms with Crippen LogP contribution in [0.2, 0.25) is 0 Å². The van der Waals surface area contributed by atoms with Crippen LogP contribution < -0.4 is 4.90 Å². The molecule has 0 radical (unpaired) electrons. The zero-order chi connectivity index (χ0) is 13.4. The van der Waals surface area contributed by atoms with Gasteiger partial charge in [0.1, 0.15) is 0 Å². The molecule has 0 saturated heterocycles. The van der Waals surface area contributed by atoms with E-state index < -0.39 is 0 Å². The zero-order valence-corrected chi connectivity index (χ0v) is 11.6. The van der Waals surface area contributed by atoms with Gasteiger partial charge in [-0.3, -0.25) is 4.68 Å². The van der Waals surface area contributed by atoms with Crippen LogP contribution >= 0.6 is 0 Å². The number of aromatic nitrogens is 2. The first-order valence-corrected chi connectivity index (χ1v) is 6.53. The van der Waals surface area contributed by atoms with E-state index in [0.717, 1.165) is 18.5 Å². The molecule has 1 aliphatic heterocycles. The lowest BCUT2D eigenvalue weighted by atomic mass is 9.96. The predicted octanol–water partition coefficient (Wildman–Crippen LogP) is 2.09. The lowest BCUT2D eigenvalue weighted by molar-refractivity contribution is 0.105. The Bertz CT molecular complexity index is 591. The van der Waals surface area contributed by atoms with Crippen molar-refractivity contribution in [2.24, 2.45) is 7.05 Å². The highest BCUT2D eigenvalue weighted by atomic mass is 16.5. The molecule has 2 aromatic rings. The summed E-state index contributed by atoms with van der Waals surface area (Å²) >= 11 is 0. The van der Waals surface area contributed by atoms with Crippen molar-refractivity contribution in [1.82, 2.24) is 9.78 Å². The maximum Gasteiger partial charge on any atom is 0.0787 e. The minimum absolute atomic E-state index is 0.279. The molecule has 4 nitrogen and oxygen atoms in total. The molecule has 2 heterocycles. The van der Waals surface area contributed by atoms with E-state index in [-0.39, 0.29) is 6.10 Å². The van der Waals surface area contributed by atoms with Crippen LogP contribution in [0.5, 0.6) is 0 Å². The van der Waals surface area contributed by atoms with E-state index in [1.54, 1.807) is 7.11 Å². The van der Waals surface area contributed by atoms with Gasteiger partial charge in [-0.2, -0.15) is 5.10 Å². The fourth-order valence-electron chi connectivity index (χ4n) is 2.74. The highest BCUT2D eigenvalue weighted by Gasteiger charge is 2.22. The third-order valence-corrected chi connectivity index (χ3v) is 3.79. The molecular formula is C15H19N3O. The molecule has 0 spiro atoms. The van der Waals surface area contributed by atoms with Crippen LogP contribution in [-0.2, 0) is 18.2 Å². The Kier molecular flexibility index (Phi) is 3.03. The molecule has 0 amide bonds. The van der Waals surface area contributed by atoms with E-state index in [9.17, 15) is 0 Å². The smallest absolute Gasteiger partial charge is 0.0787 e. The van der Waals surface area contributed by atoms with Gasteiger partial charge in [-0.15, -0.1) is 0 Å². The van der Waals surface area contributed by atoms with Crippen molar-refractivity contribution in [2.75, 3.05) is 25.6 Å². The van der Waals surface area contributed by atoms with Crippen LogP contribution in [-0.4, -0.2) is 36.6 Å². The Morgan fingerprint density at radius 2 is 2.11 bits per heavy atom. The molecule has 1 unspecified atom stereocenters. The second-order valence-corrected chi connectivity index (χ2v) is 5.19. The van der Waals surface area contributed by atoms with E-state index in [4.69, 9.17) is 4.74 Å². The van der Waals surface area contributed by atoms with Gasteiger partial charge in [-0.05, 0) is 23.3 Å². The predicted molar refractivity (Wildman–Crippen MR) is 76.4 cm³/mol. The summed E-state index contributed by atoms with van der Waals surface area (Å²) in [5.74, 6) is 0. The summed E-state index contributed by atoms with van der Waals surface area (Å²) in [6.07, 6.45) is 5.20. The van der Waals surface area contributed by atoms with Crippen LogP contribution in [0.15, 0.2) is 30.6 Å². The van der Waals surface area contributed by atoms with Crippen LogP contribution in [0.4, 0.5) is 5.69 Å². The summed E-state index contributed by atoms with van der Waals surface area (Å²) in [4.78, 5) is 2.26. The Labute approximate surface area is 113 Å². The molecule has 0 fully saturated rings. The molecule has 0 N–H and O–H groups in total. The number of likely N-dealkylation sites (N-methyl/N-ethyl adjacent to an activating group) is 1. The highest BCUT2D eigenvalue weighted by molar-refractivity contribution is 5.69. The topological polar surface area (TPSA) is 30.3 Å². The first-order valence-electron chi connectivity index (χ1n) is 6.53. The van der Waals surface area contributed by atoms with E-state index in [1.165, 1.54) is 16.8 Å². The third-order valence-electron chi connectivity index (χ3n) is 3.79. The summed E-state index contributed by atoms with van der Waals surface area (Å²) in [6, 6.07) is 6.62. The number of methoxy groups -OCH3 is 1. The SMILES string of the molecule is COC1Cc2cc(-c3cnn(C)c3)ccc2N(C)C1. The van der Waals surface area contributed by atoms with E-state index in [2.05, 4.69) is 35.2 Å². The number of anilines is 1. The van der Waals surface area contributed by atoms with Gasteiger partial charge in [0.2, 0.25) is 0 Å². The van der Waals surface area contributed by atoms with Gasteiger partial charge in [-0.25, -0.2) is 0 Å². The summed E-state index contributed by atoms with van der Waals surface area (Å²) in [5, 5.41) is 4.23. The number of aryl methyl sites for hydroxylation is 1. The van der Waals surface area contributed by atoms with Gasteiger partial charge in [0, 0.05) is 51.6 Å². The molecule has 0 saturated carbocycles. The van der Waals surface area contributed by atoms with E-state index in [0.29, 0.717) is 0 Å². The summed E-state index contributed by atoms with van der Waals surface area (Å²) < 4.78 is 7.34. The maximum absolute atomic E-state index is 5.51. The molecule has 1 atom stereocenters. The average Bonchev–Trinajstić information content (AvgIpc) is 2.84. The van der Waals surface area contributed by atoms with Crippen molar-refractivity contribution in [3.05, 3.63) is 36.2 Å². The molecular weight excluding hydrogens is 238 g/mol. The number of hydrogen-bond donors (Lipinski definition) is 0. The van der Waals surface area contributed by atoms with Gasteiger partial charge in [-0.1, -0.05) is 6.07 Å². The quantitative estimate of drug-likeness (QED) is 0.825. The van der Waals surface area contributed by atoms with Gasteiger partial charge < -0.3 is 9.64 Å². The van der Waals surface area contributed by atoms with Crippen molar-refractivity contribution in [2.45, 2.75) is 12.5 Å². The van der Waals surface area contributed by atoms with Gasteiger partial charge in [0.25, 0.3) is 0 Å². The van der Waals surface area contributed by atoms with Crippen LogP contribution in [0.1, 0.15) is 5.56 Å². The Hall–Kier alpha value is -1.81. The second kappa shape index (κ2) is 4.70. The molecule has 1 aromatic carbocycles. The standard InChI is InChI=1S/C15H19N3O/c1-17-10-14(19-3)7-12-6-11(4-5-15(12)17)13-8-16-18(2)9-13/h4-6,8-9,14H,7,10H2,1-3H3. The largest absolute Gasteiger partial charge is 0.379 e. The fraction of sp³-hybridized carbons (Fsp3) is 0.400. The molecule has 4 heteroatoms. The molecule has 0 bridgehead atoms. The summed E-state index contributed by atoms with van der Waals surface area (Å²) in [6.45, 7) is 0.954. The molecule has 3 rings (SSSR count). The normalized spacial score (nSPS) is 18.5. The Morgan fingerprint density at radius 3 is 2.79 bits per heavy atom. The maximum atomic E-state index is 5.51. The molecule has 100 valence electrons. The lowest BCUT2D eigenvalue weighted by Gasteiger charge is -2.32. The molecule has 19 heavy (non-hydrogen) atoms. The Balaban J connectivity index is 1.99. The van der Waals surface area contributed by atoms with Crippen LogP contribution in [0.3, 0.4) is 0 Å². The van der Waals surface area contributed by atoms with Crippen LogP contribution in [0.25, 0.3) is 11.1 Å². The van der Waals surface area contributed by atoms with Crippen molar-refractivity contribution in [3.8, 4) is 11.1 Å². The van der Waals surface area contributed by atoms with Gasteiger partial charge in [0.05, 0.1) is 12.3 Å². The highest BCUT2D eigenvalue weighted by Crippen LogP contribution is 2.31. The number of ether oxygens (including phenoxy) is 1. The van der Waals surface area contributed by atoms with Gasteiger partial charge >= 0.3 is 0 Å². The Morgan fingerprint density at radius 1 is 1.26 bits per heavy atom. The number of benzene rings is 1. The van der Waals surface area contributed by atoms with Crippen molar-refractivity contribution in [1.29, 1.82) is 0 Å². The van der Waals surface area contributed by atoms with Crippen LogP contribution in [0, 0.1) is 0 Å². The molecule has 0 aliphatic carbocycles. The van der Waals surface area contributed by atoms with Crippen molar-refractivity contribution in [3.63, 3.8) is 0 Å². The van der Waals surface area contributed by atoms with Crippen molar-refractivity contribution < 1.29 is 4.74 Å². The summed E-state index contributed by atoms with van der Waals surface area (Å²) in [5.41, 5.74) is 5.03. The molecule has 1 aliphatic rings. The van der Waals surface area contributed by atoms with Gasteiger partial charge in [0.15, 0.2) is 0 Å². The fourth-order valence-corrected chi connectivity index (χ4v) is 2.74. The molecule has 1 aromatic heterocycles. The zero-order valence-electron chi connectivity index (χ0n) is 11.6. The third kappa shape index (κ3) is 2.24. The number of fused-ring (bicyclic) bond motifs is 1. The average molecular weight is 257 g/mol. The van der Waals surface area contributed by atoms with E-state index >= 15 is 0 Å². The first-order chi connectivity index (χ1) is 9.17. The monoisotopic (exact) mass is 257 g/mol. The summed E-state index contributed by atoms with van der Waals surface area (Å²) in [7, 11) is 5.85.